The smallest absolute Gasteiger partial charge is 0.416 e. The molecule has 2 amide bonds. The van der Waals surface area contributed by atoms with Crippen LogP contribution >= 0.6 is 0 Å². The van der Waals surface area contributed by atoms with Crippen LogP contribution in [0.4, 0.5) is 18.9 Å². The molecule has 36 heavy (non-hydrogen) atoms. The van der Waals surface area contributed by atoms with Gasteiger partial charge in [0.2, 0.25) is 0 Å². The number of halogens is 3. The topological polar surface area (TPSA) is 93.7 Å². The maximum absolute atomic E-state index is 12.8. The van der Waals surface area contributed by atoms with Gasteiger partial charge in [0.25, 0.3) is 11.8 Å². The number of anilines is 1. The van der Waals surface area contributed by atoms with Crippen LogP contribution in [0.25, 0.3) is 0 Å². The van der Waals surface area contributed by atoms with E-state index in [0.717, 1.165) is 17.7 Å². The highest BCUT2D eigenvalue weighted by Crippen LogP contribution is 2.30. The first kappa shape index (κ1) is 26.3. The first-order chi connectivity index (χ1) is 17.1. The molecule has 188 valence electrons. The molecule has 3 aromatic rings. The largest absolute Gasteiger partial charge is 0.484 e. The second kappa shape index (κ2) is 11.9. The average Bonchev–Trinajstić information content (AvgIpc) is 2.86. The van der Waals surface area contributed by atoms with Crippen molar-refractivity contribution in [2.24, 2.45) is 0 Å². The fraction of sp³-hybridized carbons (Fsp3) is 0.192. The Morgan fingerprint density at radius 3 is 2.22 bits per heavy atom. The molecule has 0 spiro atoms. The van der Waals surface area contributed by atoms with Gasteiger partial charge in [-0.2, -0.15) is 13.2 Å². The van der Waals surface area contributed by atoms with E-state index in [9.17, 15) is 27.6 Å². The van der Waals surface area contributed by atoms with Gasteiger partial charge in [0.05, 0.1) is 17.2 Å². The quantitative estimate of drug-likeness (QED) is 0.414. The molecule has 0 fully saturated rings. The summed E-state index contributed by atoms with van der Waals surface area (Å²) in [6, 6.07) is 18.9. The molecule has 0 bridgehead atoms. The molecule has 0 radical (unpaired) electrons. The number of hydrogen-bond donors (Lipinski definition) is 2. The predicted octanol–water partition coefficient (Wildman–Crippen LogP) is 4.76. The highest BCUT2D eigenvalue weighted by Gasteiger charge is 2.30. The summed E-state index contributed by atoms with van der Waals surface area (Å²) in [5.41, 5.74) is 0.182. The Labute approximate surface area is 205 Å². The van der Waals surface area contributed by atoms with Crippen LogP contribution in [-0.2, 0) is 20.5 Å². The van der Waals surface area contributed by atoms with E-state index in [2.05, 4.69) is 10.6 Å². The van der Waals surface area contributed by atoms with E-state index in [1.807, 2.05) is 37.3 Å². The molecular weight excluding hydrogens is 477 g/mol. The standard InChI is InChI=1S/C26H23F3N2O5/c1-17(18-6-3-2-4-7-18)30-23(32)16-36-25(34)19-10-12-22(13-11-19)35-15-24(33)31-21-9-5-8-20(14-21)26(27,28)29/h2-14,17H,15-16H2,1H3,(H,30,32)(H,31,33). The van der Waals surface area contributed by atoms with Crippen LogP contribution in [0.5, 0.6) is 5.75 Å². The van der Waals surface area contributed by atoms with Crippen molar-refractivity contribution in [3.8, 4) is 5.75 Å². The molecule has 10 heteroatoms. The summed E-state index contributed by atoms with van der Waals surface area (Å²) < 4.78 is 48.7. The summed E-state index contributed by atoms with van der Waals surface area (Å²) in [6.45, 7) is 0.900. The third-order valence-corrected chi connectivity index (χ3v) is 4.95. The van der Waals surface area contributed by atoms with E-state index < -0.39 is 42.7 Å². The third kappa shape index (κ3) is 7.86. The lowest BCUT2D eigenvalue weighted by atomic mass is 10.1. The van der Waals surface area contributed by atoms with E-state index in [-0.39, 0.29) is 23.0 Å². The Morgan fingerprint density at radius 1 is 0.861 bits per heavy atom. The van der Waals surface area contributed by atoms with Crippen molar-refractivity contribution in [2.75, 3.05) is 18.5 Å². The number of benzene rings is 3. The summed E-state index contributed by atoms with van der Waals surface area (Å²) >= 11 is 0. The van der Waals surface area contributed by atoms with Crippen LogP contribution in [0.3, 0.4) is 0 Å². The van der Waals surface area contributed by atoms with Crippen molar-refractivity contribution in [3.63, 3.8) is 0 Å². The van der Waals surface area contributed by atoms with Crippen LogP contribution in [0.2, 0.25) is 0 Å². The summed E-state index contributed by atoms with van der Waals surface area (Å²) in [5, 5.41) is 5.07. The molecule has 0 aliphatic carbocycles. The minimum Gasteiger partial charge on any atom is -0.484 e. The zero-order valence-corrected chi connectivity index (χ0v) is 19.2. The van der Waals surface area contributed by atoms with Crippen LogP contribution < -0.4 is 15.4 Å². The molecule has 2 N–H and O–H groups in total. The average molecular weight is 500 g/mol. The minimum absolute atomic E-state index is 0.0151. The number of alkyl halides is 3. The van der Waals surface area contributed by atoms with Gasteiger partial charge in [0, 0.05) is 5.69 Å². The summed E-state index contributed by atoms with van der Waals surface area (Å²) in [4.78, 5) is 36.3. The second-order valence-electron chi connectivity index (χ2n) is 7.72. The van der Waals surface area contributed by atoms with Gasteiger partial charge >= 0.3 is 12.1 Å². The van der Waals surface area contributed by atoms with Gasteiger partial charge in [-0.1, -0.05) is 36.4 Å². The third-order valence-electron chi connectivity index (χ3n) is 4.95. The van der Waals surface area contributed by atoms with Gasteiger partial charge in [0.15, 0.2) is 13.2 Å². The zero-order valence-electron chi connectivity index (χ0n) is 19.2. The van der Waals surface area contributed by atoms with Gasteiger partial charge < -0.3 is 20.1 Å². The molecule has 0 aliphatic heterocycles. The van der Waals surface area contributed by atoms with Gasteiger partial charge in [-0.25, -0.2) is 4.79 Å². The SMILES string of the molecule is CC(NC(=O)COC(=O)c1ccc(OCC(=O)Nc2cccc(C(F)(F)F)c2)cc1)c1ccccc1. The van der Waals surface area contributed by atoms with Crippen molar-refractivity contribution in [1.82, 2.24) is 5.32 Å². The van der Waals surface area contributed by atoms with Crippen molar-refractivity contribution in [3.05, 3.63) is 95.6 Å². The second-order valence-corrected chi connectivity index (χ2v) is 7.72. The van der Waals surface area contributed by atoms with Crippen LogP contribution in [0.15, 0.2) is 78.9 Å². The van der Waals surface area contributed by atoms with Crippen LogP contribution in [0, 0.1) is 0 Å². The van der Waals surface area contributed by atoms with E-state index in [1.54, 1.807) is 0 Å². The molecule has 1 atom stereocenters. The van der Waals surface area contributed by atoms with Gasteiger partial charge in [-0.15, -0.1) is 0 Å². The normalized spacial score (nSPS) is 11.8. The summed E-state index contributed by atoms with van der Waals surface area (Å²) in [6.07, 6.45) is -4.52. The number of amides is 2. The molecule has 3 aromatic carbocycles. The van der Waals surface area contributed by atoms with E-state index in [0.29, 0.717) is 0 Å². The van der Waals surface area contributed by atoms with Gasteiger partial charge in [-0.05, 0) is 55.0 Å². The molecular formula is C26H23F3N2O5. The monoisotopic (exact) mass is 500 g/mol. The predicted molar refractivity (Wildman–Crippen MR) is 125 cm³/mol. The molecule has 0 aliphatic rings. The number of carbonyl (C=O) groups is 3. The molecule has 0 heterocycles. The van der Waals surface area contributed by atoms with Gasteiger partial charge in [0.1, 0.15) is 5.75 Å². The minimum atomic E-state index is -4.52. The Bertz CT molecular complexity index is 1200. The first-order valence-electron chi connectivity index (χ1n) is 10.8. The Kier molecular flexibility index (Phi) is 8.66. The number of nitrogens with one attached hydrogen (secondary N) is 2. The number of hydrogen-bond acceptors (Lipinski definition) is 5. The number of rotatable bonds is 9. The molecule has 0 aromatic heterocycles. The summed E-state index contributed by atoms with van der Waals surface area (Å²) in [7, 11) is 0. The van der Waals surface area contributed by atoms with Crippen molar-refractivity contribution >= 4 is 23.5 Å². The zero-order chi connectivity index (χ0) is 26.1. The maximum atomic E-state index is 12.8. The highest BCUT2D eigenvalue weighted by atomic mass is 19.4. The maximum Gasteiger partial charge on any atom is 0.416 e. The van der Waals surface area contributed by atoms with Crippen LogP contribution in [0.1, 0.15) is 34.5 Å². The van der Waals surface area contributed by atoms with Crippen molar-refractivity contribution < 1.29 is 37.0 Å². The lowest BCUT2D eigenvalue weighted by Gasteiger charge is -2.14. The number of esters is 1. The lowest BCUT2D eigenvalue weighted by molar-refractivity contribution is -0.137. The summed E-state index contributed by atoms with van der Waals surface area (Å²) in [5.74, 6) is -1.58. The first-order valence-corrected chi connectivity index (χ1v) is 10.8. The van der Waals surface area contributed by atoms with Gasteiger partial charge in [-0.3, -0.25) is 9.59 Å². The fourth-order valence-corrected chi connectivity index (χ4v) is 3.13. The van der Waals surface area contributed by atoms with Crippen LogP contribution in [-0.4, -0.2) is 31.0 Å². The highest BCUT2D eigenvalue weighted by molar-refractivity contribution is 5.92. The Morgan fingerprint density at radius 2 is 1.56 bits per heavy atom. The molecule has 0 saturated carbocycles. The van der Waals surface area contributed by atoms with E-state index in [1.165, 1.54) is 36.4 Å². The Balaban J connectivity index is 1.43. The fourth-order valence-electron chi connectivity index (χ4n) is 3.13. The van der Waals surface area contributed by atoms with E-state index in [4.69, 9.17) is 9.47 Å². The number of carbonyl (C=O) groups excluding carboxylic acids is 3. The molecule has 7 nitrogen and oxygen atoms in total. The van der Waals surface area contributed by atoms with E-state index >= 15 is 0 Å². The Hall–Kier alpha value is -4.34. The molecule has 0 saturated heterocycles. The van der Waals surface area contributed by atoms with Crippen molar-refractivity contribution in [2.45, 2.75) is 19.1 Å². The number of ether oxygens (including phenoxy) is 2. The lowest BCUT2D eigenvalue weighted by Crippen LogP contribution is -2.31. The molecule has 3 rings (SSSR count). The van der Waals surface area contributed by atoms with Crippen molar-refractivity contribution in [1.29, 1.82) is 0 Å². The molecule has 1 unspecified atom stereocenters.